The van der Waals surface area contributed by atoms with Gasteiger partial charge in [-0.15, -0.1) is 0 Å². The van der Waals surface area contributed by atoms with Gasteiger partial charge < -0.3 is 29.2 Å². The second kappa shape index (κ2) is 7.04. The summed E-state index contributed by atoms with van der Waals surface area (Å²) in [5, 5.41) is 19.3. The topological polar surface area (TPSA) is 129 Å². The zero-order chi connectivity index (χ0) is 17.1. The maximum Gasteiger partial charge on any atom is 0.359 e. The van der Waals surface area contributed by atoms with Crippen molar-refractivity contribution in [1.29, 1.82) is 0 Å². The highest BCUT2D eigenvalue weighted by Crippen LogP contribution is 2.33. The van der Waals surface area contributed by atoms with Gasteiger partial charge in [-0.25, -0.2) is 14.6 Å². The number of hydrogen-bond acceptors (Lipinski definition) is 9. The summed E-state index contributed by atoms with van der Waals surface area (Å²) < 4.78 is 21.2. The molecule has 1 aromatic rings. The number of aromatic nitrogens is 2. The zero-order valence-corrected chi connectivity index (χ0v) is 12.8. The smallest absolute Gasteiger partial charge is 0.359 e. The Kier molecular flexibility index (Phi) is 5.31. The summed E-state index contributed by atoms with van der Waals surface area (Å²) in [7, 11) is 3.65. The van der Waals surface area contributed by atoms with Crippen LogP contribution < -0.4 is 0 Å². The number of methoxy groups -OCH3 is 3. The molecule has 0 bridgehead atoms. The van der Waals surface area contributed by atoms with Gasteiger partial charge >= 0.3 is 11.9 Å². The van der Waals surface area contributed by atoms with Gasteiger partial charge in [0, 0.05) is 7.11 Å². The highest BCUT2D eigenvalue weighted by atomic mass is 16.6. The SMILES string of the molecule is COC(=O)c1ncn([C@@H]2O[C@H](CO)[C@@H](O)[C@H]2OC)c1C(=O)OC. The lowest BCUT2D eigenvalue weighted by Gasteiger charge is -2.21. The number of nitrogens with zero attached hydrogens (tertiary/aromatic N) is 2. The lowest BCUT2D eigenvalue weighted by molar-refractivity contribution is -0.0614. The Morgan fingerprint density at radius 1 is 1.30 bits per heavy atom. The van der Waals surface area contributed by atoms with Crippen LogP contribution in [0, 0.1) is 0 Å². The molecule has 1 aliphatic rings. The van der Waals surface area contributed by atoms with Crippen LogP contribution in [-0.4, -0.2) is 78.0 Å². The molecule has 1 fully saturated rings. The van der Waals surface area contributed by atoms with E-state index in [1.807, 2.05) is 0 Å². The van der Waals surface area contributed by atoms with Crippen molar-refractivity contribution in [3.8, 4) is 0 Å². The zero-order valence-electron chi connectivity index (χ0n) is 12.8. The summed E-state index contributed by atoms with van der Waals surface area (Å²) in [5.41, 5.74) is -0.447. The molecule has 0 amide bonds. The molecular formula is C13H18N2O8. The molecule has 0 radical (unpaired) electrons. The maximum absolute atomic E-state index is 12.0. The monoisotopic (exact) mass is 330 g/mol. The molecule has 10 nitrogen and oxygen atoms in total. The first-order chi connectivity index (χ1) is 11.0. The van der Waals surface area contributed by atoms with Crippen LogP contribution in [0.3, 0.4) is 0 Å². The van der Waals surface area contributed by atoms with E-state index < -0.39 is 43.1 Å². The lowest BCUT2D eigenvalue weighted by atomic mass is 10.1. The average molecular weight is 330 g/mol. The van der Waals surface area contributed by atoms with Crippen LogP contribution in [0.4, 0.5) is 0 Å². The van der Waals surface area contributed by atoms with Crippen LogP contribution in [0.2, 0.25) is 0 Å². The van der Waals surface area contributed by atoms with Gasteiger partial charge in [0.15, 0.2) is 17.6 Å². The van der Waals surface area contributed by atoms with Crippen molar-refractivity contribution in [2.45, 2.75) is 24.5 Å². The van der Waals surface area contributed by atoms with Crippen molar-refractivity contribution in [2.24, 2.45) is 0 Å². The van der Waals surface area contributed by atoms with Crippen molar-refractivity contribution in [2.75, 3.05) is 27.9 Å². The predicted molar refractivity (Wildman–Crippen MR) is 72.7 cm³/mol. The van der Waals surface area contributed by atoms with Crippen LogP contribution in [-0.2, 0) is 18.9 Å². The Hall–Kier alpha value is -2.01. The lowest BCUT2D eigenvalue weighted by Crippen LogP contribution is -2.35. The van der Waals surface area contributed by atoms with Crippen LogP contribution in [0.1, 0.15) is 27.2 Å². The van der Waals surface area contributed by atoms with E-state index in [0.717, 1.165) is 14.2 Å². The molecule has 1 saturated heterocycles. The van der Waals surface area contributed by atoms with Gasteiger partial charge in [-0.05, 0) is 0 Å². The van der Waals surface area contributed by atoms with Crippen molar-refractivity contribution >= 4 is 11.9 Å². The molecule has 2 heterocycles. The number of hydrogen-bond donors (Lipinski definition) is 2. The third-order valence-corrected chi connectivity index (χ3v) is 3.59. The molecule has 0 saturated carbocycles. The van der Waals surface area contributed by atoms with Crippen LogP contribution in [0.25, 0.3) is 0 Å². The number of aliphatic hydroxyl groups is 2. The van der Waals surface area contributed by atoms with Gasteiger partial charge in [0.1, 0.15) is 18.3 Å². The van der Waals surface area contributed by atoms with E-state index >= 15 is 0 Å². The molecule has 0 aromatic carbocycles. The largest absolute Gasteiger partial charge is 0.464 e. The minimum atomic E-state index is -1.12. The standard InChI is InChI=1S/C13H18N2O8/c1-20-10-9(17)6(4-16)23-11(10)15-5-14-7(12(18)21-2)8(15)13(19)22-3/h5-6,9-11,16-17H,4H2,1-3H3/t6-,9-,10-,11-/m1/s1. The molecule has 4 atom stereocenters. The summed E-state index contributed by atoms with van der Waals surface area (Å²) in [4.78, 5) is 27.6. The highest BCUT2D eigenvalue weighted by molar-refractivity contribution is 6.00. The Bertz CT molecular complexity index is 587. The van der Waals surface area contributed by atoms with Gasteiger partial charge in [-0.3, -0.25) is 4.57 Å². The van der Waals surface area contributed by atoms with Crippen LogP contribution >= 0.6 is 0 Å². The number of rotatable bonds is 5. The quantitative estimate of drug-likeness (QED) is 0.634. The van der Waals surface area contributed by atoms with Gasteiger partial charge in [0.25, 0.3) is 0 Å². The average Bonchev–Trinajstić information content (AvgIpc) is 3.13. The van der Waals surface area contributed by atoms with Crippen molar-refractivity contribution < 1.29 is 38.7 Å². The van der Waals surface area contributed by atoms with E-state index in [2.05, 4.69) is 14.5 Å². The van der Waals surface area contributed by atoms with Gasteiger partial charge in [0.2, 0.25) is 0 Å². The second-order valence-electron chi connectivity index (χ2n) is 4.77. The maximum atomic E-state index is 12.0. The fourth-order valence-corrected chi connectivity index (χ4v) is 2.45. The van der Waals surface area contributed by atoms with Gasteiger partial charge in [-0.2, -0.15) is 0 Å². The third-order valence-electron chi connectivity index (χ3n) is 3.59. The first kappa shape index (κ1) is 17.3. The first-order valence-corrected chi connectivity index (χ1v) is 6.70. The summed E-state index contributed by atoms with van der Waals surface area (Å²) in [6.07, 6.45) is -2.70. The van der Waals surface area contributed by atoms with Crippen molar-refractivity contribution in [3.63, 3.8) is 0 Å². The van der Waals surface area contributed by atoms with Gasteiger partial charge in [0.05, 0.1) is 27.2 Å². The van der Waals surface area contributed by atoms with E-state index in [-0.39, 0.29) is 11.4 Å². The number of aliphatic hydroxyl groups excluding tert-OH is 2. The van der Waals surface area contributed by atoms with Crippen LogP contribution in [0.5, 0.6) is 0 Å². The molecular weight excluding hydrogens is 312 g/mol. The molecule has 0 unspecified atom stereocenters. The van der Waals surface area contributed by atoms with Crippen molar-refractivity contribution in [1.82, 2.24) is 9.55 Å². The third kappa shape index (κ3) is 2.93. The molecule has 128 valence electrons. The van der Waals surface area contributed by atoms with E-state index in [0.29, 0.717) is 0 Å². The fourth-order valence-electron chi connectivity index (χ4n) is 2.45. The predicted octanol–water partition coefficient (Wildman–Crippen LogP) is -1.28. The Morgan fingerprint density at radius 3 is 2.48 bits per heavy atom. The minimum absolute atomic E-state index is 0.197. The highest BCUT2D eigenvalue weighted by Gasteiger charge is 2.46. The first-order valence-electron chi connectivity index (χ1n) is 6.70. The summed E-state index contributed by atoms with van der Waals surface area (Å²) >= 11 is 0. The summed E-state index contributed by atoms with van der Waals surface area (Å²) in [6.45, 7) is -0.441. The van der Waals surface area contributed by atoms with E-state index in [1.54, 1.807) is 0 Å². The van der Waals surface area contributed by atoms with Gasteiger partial charge in [-0.1, -0.05) is 0 Å². The van der Waals surface area contributed by atoms with E-state index in [1.165, 1.54) is 18.0 Å². The second-order valence-corrected chi connectivity index (χ2v) is 4.77. The Morgan fingerprint density at radius 2 is 1.96 bits per heavy atom. The Balaban J connectivity index is 2.48. The minimum Gasteiger partial charge on any atom is -0.464 e. The molecule has 1 aliphatic heterocycles. The normalized spacial score (nSPS) is 27.0. The fraction of sp³-hybridized carbons (Fsp3) is 0.615. The number of carbonyl (C=O) groups excluding carboxylic acids is 2. The number of ether oxygens (including phenoxy) is 4. The molecule has 1 aromatic heterocycles. The number of imidazole rings is 1. The summed E-state index contributed by atoms with van der Waals surface area (Å²) in [5.74, 6) is -1.65. The van der Waals surface area contributed by atoms with Crippen LogP contribution in [0.15, 0.2) is 6.33 Å². The van der Waals surface area contributed by atoms with E-state index in [4.69, 9.17) is 9.47 Å². The molecule has 0 spiro atoms. The molecule has 23 heavy (non-hydrogen) atoms. The van der Waals surface area contributed by atoms with E-state index in [9.17, 15) is 19.8 Å². The Labute approximate surface area is 131 Å². The molecule has 10 heteroatoms. The molecule has 0 aliphatic carbocycles. The van der Waals surface area contributed by atoms with Crippen molar-refractivity contribution in [3.05, 3.63) is 17.7 Å². The number of carbonyl (C=O) groups is 2. The molecule has 2 rings (SSSR count). The number of esters is 2. The molecule has 2 N–H and O–H groups in total. The summed E-state index contributed by atoms with van der Waals surface area (Å²) in [6, 6.07) is 0.